The van der Waals surface area contributed by atoms with E-state index in [1.165, 1.54) is 71.0 Å². The molecule has 0 bridgehead atoms. The SMILES string of the molecule is CC(CNCC1CCC2(CCCC2)O1)CN1CCCC1. The van der Waals surface area contributed by atoms with E-state index >= 15 is 0 Å². The lowest BCUT2D eigenvalue weighted by Crippen LogP contribution is -2.36. The lowest BCUT2D eigenvalue weighted by Gasteiger charge is -2.24. The van der Waals surface area contributed by atoms with Gasteiger partial charge < -0.3 is 15.0 Å². The van der Waals surface area contributed by atoms with E-state index in [0.717, 1.165) is 19.0 Å². The minimum absolute atomic E-state index is 0.299. The molecule has 0 radical (unpaired) electrons. The molecule has 3 rings (SSSR count). The van der Waals surface area contributed by atoms with Crippen LogP contribution in [0.3, 0.4) is 0 Å². The number of hydrogen-bond acceptors (Lipinski definition) is 3. The second-order valence-electron chi connectivity index (χ2n) is 7.44. The molecule has 116 valence electrons. The Morgan fingerprint density at radius 1 is 1.15 bits per heavy atom. The monoisotopic (exact) mass is 280 g/mol. The van der Waals surface area contributed by atoms with E-state index < -0.39 is 0 Å². The minimum Gasteiger partial charge on any atom is -0.370 e. The van der Waals surface area contributed by atoms with Crippen molar-refractivity contribution in [3.63, 3.8) is 0 Å². The van der Waals surface area contributed by atoms with E-state index in [-0.39, 0.29) is 0 Å². The third-order valence-corrected chi connectivity index (χ3v) is 5.49. The molecule has 3 fully saturated rings. The van der Waals surface area contributed by atoms with Gasteiger partial charge in [0, 0.05) is 13.1 Å². The van der Waals surface area contributed by atoms with Gasteiger partial charge in [0.15, 0.2) is 0 Å². The maximum absolute atomic E-state index is 6.35. The average Bonchev–Trinajstić information content (AvgIpc) is 3.14. The fourth-order valence-corrected chi connectivity index (χ4v) is 4.39. The normalized spacial score (nSPS) is 31.4. The second-order valence-corrected chi connectivity index (χ2v) is 7.44. The molecule has 3 heteroatoms. The zero-order chi connectivity index (χ0) is 13.8. The number of likely N-dealkylation sites (tertiary alicyclic amines) is 1. The van der Waals surface area contributed by atoms with Gasteiger partial charge in [-0.2, -0.15) is 0 Å². The molecule has 1 spiro atoms. The number of ether oxygens (including phenoxy) is 1. The second kappa shape index (κ2) is 6.76. The first-order valence-electron chi connectivity index (χ1n) is 8.87. The zero-order valence-corrected chi connectivity index (χ0v) is 13.2. The Labute approximate surface area is 124 Å². The van der Waals surface area contributed by atoms with E-state index in [1.807, 2.05) is 0 Å². The third-order valence-electron chi connectivity index (χ3n) is 5.49. The smallest absolute Gasteiger partial charge is 0.0708 e. The number of hydrogen-bond donors (Lipinski definition) is 1. The van der Waals surface area contributed by atoms with Crippen LogP contribution >= 0.6 is 0 Å². The van der Waals surface area contributed by atoms with E-state index in [0.29, 0.717) is 11.7 Å². The summed E-state index contributed by atoms with van der Waals surface area (Å²) in [5.41, 5.74) is 0.299. The predicted molar refractivity (Wildman–Crippen MR) is 83.0 cm³/mol. The van der Waals surface area contributed by atoms with Crippen molar-refractivity contribution in [1.82, 2.24) is 10.2 Å². The Morgan fingerprint density at radius 2 is 1.90 bits per heavy atom. The highest BCUT2D eigenvalue weighted by Gasteiger charge is 2.41. The molecule has 1 saturated carbocycles. The van der Waals surface area contributed by atoms with Crippen LogP contribution in [0.15, 0.2) is 0 Å². The standard InChI is InChI=1S/C17H32N2O/c1-15(14-19-10-4-5-11-19)12-18-13-16-6-9-17(20-16)7-2-3-8-17/h15-16,18H,2-14H2,1H3. The van der Waals surface area contributed by atoms with Crippen molar-refractivity contribution in [2.45, 2.75) is 70.0 Å². The van der Waals surface area contributed by atoms with Gasteiger partial charge in [-0.25, -0.2) is 0 Å². The van der Waals surface area contributed by atoms with Gasteiger partial charge in [-0.15, -0.1) is 0 Å². The molecule has 3 aliphatic rings. The molecule has 1 N–H and O–H groups in total. The molecule has 0 aromatic rings. The topological polar surface area (TPSA) is 24.5 Å². The van der Waals surface area contributed by atoms with Crippen LogP contribution in [0.4, 0.5) is 0 Å². The Balaban J connectivity index is 1.30. The van der Waals surface area contributed by atoms with Crippen molar-refractivity contribution in [2.24, 2.45) is 5.92 Å². The van der Waals surface area contributed by atoms with Crippen molar-refractivity contribution in [3.05, 3.63) is 0 Å². The summed E-state index contributed by atoms with van der Waals surface area (Å²) in [6.07, 6.45) is 11.3. The molecular weight excluding hydrogens is 248 g/mol. The highest BCUT2D eigenvalue weighted by atomic mass is 16.5. The van der Waals surface area contributed by atoms with Crippen LogP contribution in [-0.2, 0) is 4.74 Å². The van der Waals surface area contributed by atoms with E-state index in [9.17, 15) is 0 Å². The van der Waals surface area contributed by atoms with Gasteiger partial charge in [0.2, 0.25) is 0 Å². The summed E-state index contributed by atoms with van der Waals surface area (Å²) < 4.78 is 6.35. The lowest BCUT2D eigenvalue weighted by atomic mass is 9.98. The first-order valence-corrected chi connectivity index (χ1v) is 8.87. The van der Waals surface area contributed by atoms with Gasteiger partial charge in [0.1, 0.15) is 0 Å². The Hall–Kier alpha value is -0.120. The van der Waals surface area contributed by atoms with Crippen molar-refractivity contribution in [1.29, 1.82) is 0 Å². The molecule has 2 unspecified atom stereocenters. The lowest BCUT2D eigenvalue weighted by molar-refractivity contribution is -0.0352. The summed E-state index contributed by atoms with van der Waals surface area (Å²) in [6.45, 7) is 8.48. The van der Waals surface area contributed by atoms with E-state index in [2.05, 4.69) is 17.1 Å². The number of nitrogens with zero attached hydrogens (tertiary/aromatic N) is 1. The van der Waals surface area contributed by atoms with Crippen molar-refractivity contribution in [2.75, 3.05) is 32.7 Å². The molecule has 0 aromatic carbocycles. The van der Waals surface area contributed by atoms with Crippen molar-refractivity contribution < 1.29 is 4.74 Å². The fourth-order valence-electron chi connectivity index (χ4n) is 4.39. The molecule has 0 aromatic heterocycles. The summed E-state index contributed by atoms with van der Waals surface area (Å²) in [4.78, 5) is 2.62. The summed E-state index contributed by atoms with van der Waals surface area (Å²) in [5.74, 6) is 0.759. The van der Waals surface area contributed by atoms with Gasteiger partial charge in [0.05, 0.1) is 11.7 Å². The van der Waals surface area contributed by atoms with Crippen molar-refractivity contribution >= 4 is 0 Å². The van der Waals surface area contributed by atoms with Gasteiger partial charge in [-0.05, 0) is 64.1 Å². The molecular formula is C17H32N2O. The largest absolute Gasteiger partial charge is 0.370 e. The number of rotatable bonds is 6. The summed E-state index contributed by atoms with van der Waals surface area (Å²) in [6, 6.07) is 0. The molecule has 3 nitrogen and oxygen atoms in total. The fraction of sp³-hybridized carbons (Fsp3) is 1.00. The molecule has 20 heavy (non-hydrogen) atoms. The predicted octanol–water partition coefficient (Wildman–Crippen LogP) is 2.80. The van der Waals surface area contributed by atoms with E-state index in [1.54, 1.807) is 0 Å². The zero-order valence-electron chi connectivity index (χ0n) is 13.2. The maximum Gasteiger partial charge on any atom is 0.0708 e. The first kappa shape index (κ1) is 14.8. The maximum atomic E-state index is 6.35. The van der Waals surface area contributed by atoms with Crippen LogP contribution < -0.4 is 5.32 Å². The molecule has 2 heterocycles. The molecule has 1 aliphatic carbocycles. The highest BCUT2D eigenvalue weighted by Crippen LogP contribution is 2.43. The summed E-state index contributed by atoms with van der Waals surface area (Å²) in [5, 5.41) is 3.66. The van der Waals surface area contributed by atoms with Crippen LogP contribution in [0, 0.1) is 5.92 Å². The average molecular weight is 280 g/mol. The van der Waals surface area contributed by atoms with Gasteiger partial charge in [-0.1, -0.05) is 19.8 Å². The first-order chi connectivity index (χ1) is 9.76. The molecule has 2 saturated heterocycles. The number of nitrogens with one attached hydrogen (secondary N) is 1. The van der Waals surface area contributed by atoms with Crippen LogP contribution in [0.5, 0.6) is 0 Å². The molecule has 2 aliphatic heterocycles. The van der Waals surface area contributed by atoms with Crippen LogP contribution in [0.1, 0.15) is 58.3 Å². The molecule has 0 amide bonds. The van der Waals surface area contributed by atoms with Crippen LogP contribution in [0.2, 0.25) is 0 Å². The quantitative estimate of drug-likeness (QED) is 0.810. The summed E-state index contributed by atoms with van der Waals surface area (Å²) in [7, 11) is 0. The van der Waals surface area contributed by atoms with Crippen molar-refractivity contribution in [3.8, 4) is 0 Å². The Kier molecular flexibility index (Phi) is 5.00. The molecule has 2 atom stereocenters. The van der Waals surface area contributed by atoms with E-state index in [4.69, 9.17) is 4.74 Å². The minimum atomic E-state index is 0.299. The van der Waals surface area contributed by atoms with Gasteiger partial charge >= 0.3 is 0 Å². The third kappa shape index (κ3) is 3.75. The highest BCUT2D eigenvalue weighted by molar-refractivity contribution is 4.93. The van der Waals surface area contributed by atoms with Gasteiger partial charge in [-0.3, -0.25) is 0 Å². The van der Waals surface area contributed by atoms with Crippen LogP contribution in [0.25, 0.3) is 0 Å². The Morgan fingerprint density at radius 3 is 2.65 bits per heavy atom. The Bertz CT molecular complexity index is 295. The van der Waals surface area contributed by atoms with Crippen LogP contribution in [-0.4, -0.2) is 49.3 Å². The van der Waals surface area contributed by atoms with Gasteiger partial charge in [0.25, 0.3) is 0 Å². The summed E-state index contributed by atoms with van der Waals surface area (Å²) >= 11 is 0.